The molecule has 29 heteroatoms. The van der Waals surface area contributed by atoms with Gasteiger partial charge in [0.2, 0.25) is 35.8 Å². The summed E-state index contributed by atoms with van der Waals surface area (Å²) in [6.45, 7) is 16.0. The zero-order valence-corrected chi connectivity index (χ0v) is 57.0. The standard InChI is InChI=1S/C66H103N9O20/c1-13-40(6)55(49(87-11)35-52(78)75-27-17-20-47(75)60(88-12)41(7)62(83)70-42(8)56(79)43-18-15-14-16-19-43)73(9)64(85)53(38(2)3)71-63(84)54(39(4)5)74(10)66(86)92-37-44-21-23-48(94-65-59(82)58(81)57(80)50(36-76)95-65)46-34-45(93-61(44)46)22-24-51(77)68-25-28-89-30-32-91-33-31-90-29-26-69-72-67/h14-16,18-19,21,23,34,38-42,47,49-50,53-60,65,76,79-82H,13,17,20,22,24-33,35-37H2,1-12H3,(H,68,77)(H,70,83)(H,71,84)/t40-,41+,42+,47-,49+,50+,53-,54-,55-,56+,57-,58-,59+,60+,65+/m0/s1. The number of hydrogen-bond acceptors (Lipinski definition) is 21. The Bertz CT molecular complexity index is 2930. The van der Waals surface area contributed by atoms with Gasteiger partial charge in [0.1, 0.15) is 60.2 Å². The molecular weight excluding hydrogens is 1240 g/mol. The molecule has 2 aromatic carbocycles. The highest BCUT2D eigenvalue weighted by Gasteiger charge is 2.46. The normalized spacial score (nSPS) is 20.9. The second kappa shape index (κ2) is 39.5. The number of likely N-dealkylation sites (N-methyl/N-ethyl adjacent to an activating group) is 2. The number of amides is 6. The third kappa shape index (κ3) is 22.1. The fourth-order valence-corrected chi connectivity index (χ4v) is 12.0. The number of fused-ring (bicyclic) bond motifs is 1. The smallest absolute Gasteiger partial charge is 0.410 e. The summed E-state index contributed by atoms with van der Waals surface area (Å²) in [5.74, 6) is -3.45. The van der Waals surface area contributed by atoms with Crippen LogP contribution in [0.2, 0.25) is 0 Å². The second-order valence-electron chi connectivity index (χ2n) is 25.0. The molecule has 3 heterocycles. The number of hydrogen-bond donors (Lipinski definition) is 8. The minimum Gasteiger partial charge on any atom is -0.461 e. The Kier molecular flexibility index (Phi) is 32.8. The molecule has 6 amide bonds. The second-order valence-corrected chi connectivity index (χ2v) is 25.0. The van der Waals surface area contributed by atoms with Crippen LogP contribution in [0.3, 0.4) is 0 Å². The molecule has 532 valence electrons. The van der Waals surface area contributed by atoms with E-state index >= 15 is 0 Å². The third-order valence-electron chi connectivity index (χ3n) is 17.6. The number of methoxy groups -OCH3 is 2. The first kappa shape index (κ1) is 79.0. The van der Waals surface area contributed by atoms with Crippen molar-refractivity contribution in [3.8, 4) is 5.75 Å². The van der Waals surface area contributed by atoms with Gasteiger partial charge in [-0.25, -0.2) is 4.79 Å². The number of likely N-dealkylation sites (tertiary alicyclic amines) is 1. The van der Waals surface area contributed by atoms with Crippen LogP contribution in [0.4, 0.5) is 4.79 Å². The number of aryl methyl sites for hydroxylation is 1. The molecule has 29 nitrogen and oxygen atoms in total. The third-order valence-corrected chi connectivity index (χ3v) is 17.6. The van der Waals surface area contributed by atoms with Crippen LogP contribution in [0, 0.1) is 23.7 Å². The zero-order valence-electron chi connectivity index (χ0n) is 57.0. The maximum atomic E-state index is 14.9. The van der Waals surface area contributed by atoms with Gasteiger partial charge in [0.25, 0.3) is 0 Å². The number of nitrogens with zero attached hydrogens (tertiary/aromatic N) is 6. The monoisotopic (exact) mass is 1340 g/mol. The molecule has 8 N–H and O–H groups in total. The van der Waals surface area contributed by atoms with Crippen molar-refractivity contribution in [1.82, 2.24) is 30.7 Å². The molecular formula is C66H103N9O20. The van der Waals surface area contributed by atoms with Gasteiger partial charge < -0.3 is 93.6 Å². The van der Waals surface area contributed by atoms with Crippen molar-refractivity contribution in [2.24, 2.45) is 28.8 Å². The van der Waals surface area contributed by atoms with Gasteiger partial charge in [-0.05, 0) is 66.8 Å². The van der Waals surface area contributed by atoms with Gasteiger partial charge in [-0.15, -0.1) is 0 Å². The zero-order chi connectivity index (χ0) is 70.1. The molecule has 15 atom stereocenters. The maximum absolute atomic E-state index is 14.9. The summed E-state index contributed by atoms with van der Waals surface area (Å²) in [4.78, 5) is 91.9. The molecule has 0 saturated carbocycles. The largest absolute Gasteiger partial charge is 0.461 e. The van der Waals surface area contributed by atoms with Gasteiger partial charge in [-0.1, -0.05) is 90.3 Å². The Labute approximate surface area is 556 Å². The topological polar surface area (TPSA) is 385 Å². The van der Waals surface area contributed by atoms with Crippen molar-refractivity contribution in [2.75, 3.05) is 94.2 Å². The Morgan fingerprint density at radius 2 is 1.51 bits per heavy atom. The van der Waals surface area contributed by atoms with E-state index < -0.39 is 128 Å². The minimum atomic E-state index is -1.75. The summed E-state index contributed by atoms with van der Waals surface area (Å²) < 4.78 is 52.1. The van der Waals surface area contributed by atoms with Crippen LogP contribution in [0.1, 0.15) is 110 Å². The van der Waals surface area contributed by atoms with Gasteiger partial charge in [0, 0.05) is 71.3 Å². The van der Waals surface area contributed by atoms with Crippen molar-refractivity contribution in [3.63, 3.8) is 0 Å². The molecule has 3 aromatic rings. The van der Waals surface area contributed by atoms with Crippen molar-refractivity contribution in [2.45, 2.75) is 180 Å². The van der Waals surface area contributed by atoms with E-state index in [0.29, 0.717) is 74.5 Å². The van der Waals surface area contributed by atoms with Crippen LogP contribution in [0.25, 0.3) is 21.4 Å². The SMILES string of the molecule is CC[C@H](C)[C@@H]([C@@H](CC(=O)N1CCC[C@H]1[C@H](OC)[C@@H](C)C(=O)N[C@H](C)[C@@H](O)c1ccccc1)OC)N(C)C(=O)[C@@H](NC(=O)[C@H](C(C)C)N(C)C(=O)OCc1ccc(O[C@@H]2O[C@H](CO)[C@H](O)[C@H](O)[C@H]2O)c2cc(CCC(=O)NCCOCCOCCOCCN=[N+]=[N-])oc12)C(C)C. The van der Waals surface area contributed by atoms with E-state index in [4.69, 9.17) is 47.8 Å². The minimum absolute atomic E-state index is 0.0176. The van der Waals surface area contributed by atoms with E-state index in [0.717, 1.165) is 4.90 Å². The number of carbonyl (C=O) groups is 6. The lowest BCUT2D eigenvalue weighted by atomic mass is 9.89. The number of nitrogens with one attached hydrogen (secondary N) is 3. The van der Waals surface area contributed by atoms with Crippen LogP contribution >= 0.6 is 0 Å². The van der Waals surface area contributed by atoms with Crippen molar-refractivity contribution < 1.29 is 96.6 Å². The average Bonchev–Trinajstić information content (AvgIpc) is 1.73. The number of ether oxygens (including phenoxy) is 8. The summed E-state index contributed by atoms with van der Waals surface area (Å²) in [5, 5.41) is 64.9. The first-order valence-corrected chi connectivity index (χ1v) is 32.7. The number of aliphatic hydroxyl groups is 5. The molecule has 0 aliphatic carbocycles. The number of aliphatic hydroxyl groups excluding tert-OH is 5. The number of rotatable bonds is 40. The van der Waals surface area contributed by atoms with Crippen LogP contribution in [0.5, 0.6) is 5.75 Å². The van der Waals surface area contributed by atoms with E-state index in [1.54, 1.807) is 71.7 Å². The number of carbonyl (C=O) groups excluding carboxylic acids is 6. The predicted octanol–water partition coefficient (Wildman–Crippen LogP) is 3.91. The average molecular weight is 1340 g/mol. The lowest BCUT2D eigenvalue weighted by molar-refractivity contribution is -0.277. The highest BCUT2D eigenvalue weighted by atomic mass is 16.7. The molecule has 5 rings (SSSR count). The van der Waals surface area contributed by atoms with Crippen LogP contribution in [0.15, 0.2) is 58.1 Å². The lowest BCUT2D eigenvalue weighted by Crippen LogP contribution is -2.60. The van der Waals surface area contributed by atoms with E-state index in [2.05, 4.69) is 26.0 Å². The molecule has 1 aromatic heterocycles. The van der Waals surface area contributed by atoms with Crippen molar-refractivity contribution in [3.05, 3.63) is 75.9 Å². The first-order valence-electron chi connectivity index (χ1n) is 32.7. The molecule has 95 heavy (non-hydrogen) atoms. The van der Waals surface area contributed by atoms with E-state index in [-0.39, 0.29) is 80.5 Å². The number of azide groups is 1. The van der Waals surface area contributed by atoms with E-state index in [9.17, 15) is 54.3 Å². The molecule has 0 radical (unpaired) electrons. The van der Waals surface area contributed by atoms with E-state index in [1.165, 1.54) is 38.3 Å². The molecule has 2 fully saturated rings. The fraction of sp³-hybridized carbons (Fsp3) is 0.697. The van der Waals surface area contributed by atoms with Gasteiger partial charge in [-0.3, -0.25) is 28.9 Å². The summed E-state index contributed by atoms with van der Waals surface area (Å²) >= 11 is 0. The molecule has 2 aliphatic heterocycles. The molecule has 2 saturated heterocycles. The van der Waals surface area contributed by atoms with Crippen molar-refractivity contribution in [1.29, 1.82) is 0 Å². The summed E-state index contributed by atoms with van der Waals surface area (Å²) in [5.41, 5.74) is 9.46. The Balaban J connectivity index is 1.25. The summed E-state index contributed by atoms with van der Waals surface area (Å²) in [6, 6.07) is 9.65. The molecule has 0 bridgehead atoms. The summed E-state index contributed by atoms with van der Waals surface area (Å²) in [6.07, 6.45) is -9.47. The molecule has 2 aliphatic rings. The fourth-order valence-electron chi connectivity index (χ4n) is 12.0. The van der Waals surface area contributed by atoms with Crippen molar-refractivity contribution >= 4 is 46.6 Å². The van der Waals surface area contributed by atoms with E-state index in [1.807, 2.05) is 32.0 Å². The van der Waals surface area contributed by atoms with Gasteiger partial charge in [-0.2, -0.15) is 0 Å². The Morgan fingerprint density at radius 1 is 0.832 bits per heavy atom. The number of benzene rings is 2. The van der Waals surface area contributed by atoms with Crippen LogP contribution in [-0.4, -0.2) is 243 Å². The van der Waals surface area contributed by atoms with Crippen LogP contribution < -0.4 is 20.7 Å². The van der Waals surface area contributed by atoms with Gasteiger partial charge in [0.15, 0.2) is 0 Å². The van der Waals surface area contributed by atoms with Gasteiger partial charge in [0.05, 0.1) is 100 Å². The maximum Gasteiger partial charge on any atom is 0.410 e. The number of furan rings is 1. The Morgan fingerprint density at radius 3 is 2.13 bits per heavy atom. The Hall–Kier alpha value is -6.73. The van der Waals surface area contributed by atoms with Gasteiger partial charge >= 0.3 is 6.09 Å². The molecule has 0 unspecified atom stereocenters. The van der Waals surface area contributed by atoms with Crippen LogP contribution in [-0.2, 0) is 70.2 Å². The lowest BCUT2D eigenvalue weighted by Gasteiger charge is -2.41. The summed E-state index contributed by atoms with van der Waals surface area (Å²) in [7, 11) is 6.03. The quantitative estimate of drug-likeness (QED) is 0.0173. The highest BCUT2D eigenvalue weighted by Crippen LogP contribution is 2.36. The first-order chi connectivity index (χ1) is 45.3. The molecule has 0 spiro atoms. The predicted molar refractivity (Wildman–Crippen MR) is 347 cm³/mol. The highest BCUT2D eigenvalue weighted by molar-refractivity contribution is 5.92.